The fourth-order valence-corrected chi connectivity index (χ4v) is 2.73. The first-order valence-electron chi connectivity index (χ1n) is 9.81. The van der Waals surface area contributed by atoms with Gasteiger partial charge in [0, 0.05) is 13.6 Å². The Balaban J connectivity index is 1.80. The lowest BCUT2D eigenvalue weighted by Gasteiger charge is -2.08. The second-order valence-corrected chi connectivity index (χ2v) is 6.58. The Hall–Kier alpha value is -2.56. The molecule has 0 unspecified atom stereocenters. The van der Waals surface area contributed by atoms with Crippen molar-refractivity contribution in [3.8, 4) is 5.75 Å². The van der Waals surface area contributed by atoms with Gasteiger partial charge in [-0.3, -0.25) is 9.48 Å². The third-order valence-corrected chi connectivity index (χ3v) is 4.32. The van der Waals surface area contributed by atoms with Gasteiger partial charge >= 0.3 is 0 Å². The second kappa shape index (κ2) is 11.2. The Morgan fingerprint density at radius 2 is 2.04 bits per heavy atom. The van der Waals surface area contributed by atoms with E-state index in [9.17, 15) is 4.79 Å². The van der Waals surface area contributed by atoms with Crippen LogP contribution in [0.2, 0.25) is 0 Å². The molecule has 5 nitrogen and oxygen atoms in total. The molecule has 2 aromatic rings. The third kappa shape index (κ3) is 6.93. The lowest BCUT2D eigenvalue weighted by atomic mass is 10.2. The van der Waals surface area contributed by atoms with Gasteiger partial charge in [-0.15, -0.1) is 0 Å². The summed E-state index contributed by atoms with van der Waals surface area (Å²) in [4.78, 5) is 12.4. The Bertz CT molecular complexity index is 750. The van der Waals surface area contributed by atoms with Crippen molar-refractivity contribution in [2.24, 2.45) is 7.05 Å². The Kier molecular flexibility index (Phi) is 8.62. The average molecular weight is 370 g/mol. The van der Waals surface area contributed by atoms with Crippen molar-refractivity contribution < 1.29 is 9.53 Å². The summed E-state index contributed by atoms with van der Waals surface area (Å²) in [6.07, 6.45) is 9.73. The SMILES string of the molecule is CCCCC=CCCOc1cccc(CNC(=O)c2cc(CC)nn2C)c1. The fraction of sp³-hybridized carbons (Fsp3) is 0.455. The lowest BCUT2D eigenvalue weighted by molar-refractivity contribution is 0.0941. The molecule has 2 rings (SSSR count). The minimum absolute atomic E-state index is 0.117. The molecule has 1 N–H and O–H groups in total. The summed E-state index contributed by atoms with van der Waals surface area (Å²) >= 11 is 0. The van der Waals surface area contributed by atoms with Gasteiger partial charge in [-0.25, -0.2) is 0 Å². The lowest BCUT2D eigenvalue weighted by Crippen LogP contribution is -2.25. The zero-order valence-electron chi connectivity index (χ0n) is 16.7. The summed E-state index contributed by atoms with van der Waals surface area (Å²) in [5.74, 6) is 0.714. The van der Waals surface area contributed by atoms with E-state index in [1.807, 2.05) is 37.3 Å². The van der Waals surface area contributed by atoms with E-state index >= 15 is 0 Å². The molecule has 0 radical (unpaired) electrons. The molecule has 1 amide bonds. The van der Waals surface area contributed by atoms with Gasteiger partial charge in [-0.1, -0.05) is 51.0 Å². The number of carbonyl (C=O) groups is 1. The highest BCUT2D eigenvalue weighted by Gasteiger charge is 2.12. The van der Waals surface area contributed by atoms with Gasteiger partial charge in [0.05, 0.1) is 12.3 Å². The first-order chi connectivity index (χ1) is 13.1. The fourth-order valence-electron chi connectivity index (χ4n) is 2.73. The van der Waals surface area contributed by atoms with Crippen molar-refractivity contribution in [3.05, 3.63) is 59.4 Å². The smallest absolute Gasteiger partial charge is 0.269 e. The number of aryl methyl sites for hydroxylation is 2. The highest BCUT2D eigenvalue weighted by molar-refractivity contribution is 5.92. The van der Waals surface area contributed by atoms with Gasteiger partial charge in [0.25, 0.3) is 5.91 Å². The minimum Gasteiger partial charge on any atom is -0.493 e. The molecule has 0 fully saturated rings. The molecule has 0 atom stereocenters. The van der Waals surface area contributed by atoms with Crippen molar-refractivity contribution in [2.75, 3.05) is 6.61 Å². The number of rotatable bonds is 11. The molecule has 0 saturated heterocycles. The molecular weight excluding hydrogens is 338 g/mol. The molecule has 1 heterocycles. The number of nitrogens with one attached hydrogen (secondary N) is 1. The molecule has 0 aliphatic heterocycles. The summed E-state index contributed by atoms with van der Waals surface area (Å²) in [6.45, 7) is 5.34. The van der Waals surface area contributed by atoms with Crippen molar-refractivity contribution >= 4 is 5.91 Å². The highest BCUT2D eigenvalue weighted by atomic mass is 16.5. The Morgan fingerprint density at radius 1 is 1.22 bits per heavy atom. The standard InChI is InChI=1S/C22H31N3O2/c1-4-6-7-8-9-10-14-27-20-13-11-12-18(15-20)17-23-22(26)21-16-19(5-2)24-25(21)3/h8-9,11-13,15-16H,4-7,10,14,17H2,1-3H3,(H,23,26). The predicted molar refractivity (Wildman–Crippen MR) is 109 cm³/mol. The molecule has 0 bridgehead atoms. The van der Waals surface area contributed by atoms with Gasteiger partial charge in [-0.2, -0.15) is 5.10 Å². The van der Waals surface area contributed by atoms with Gasteiger partial charge in [0.1, 0.15) is 11.4 Å². The summed E-state index contributed by atoms with van der Waals surface area (Å²) in [7, 11) is 1.79. The number of aromatic nitrogens is 2. The number of amides is 1. The van der Waals surface area contributed by atoms with E-state index in [0.717, 1.165) is 36.3 Å². The summed E-state index contributed by atoms with van der Waals surface area (Å²) in [5.41, 5.74) is 2.51. The van der Waals surface area contributed by atoms with Crippen molar-refractivity contribution in [1.29, 1.82) is 0 Å². The summed E-state index contributed by atoms with van der Waals surface area (Å²) < 4.78 is 7.43. The predicted octanol–water partition coefficient (Wildman–Crippen LogP) is 4.43. The van der Waals surface area contributed by atoms with Crippen LogP contribution in [0.25, 0.3) is 0 Å². The van der Waals surface area contributed by atoms with Crippen molar-refractivity contribution in [1.82, 2.24) is 15.1 Å². The summed E-state index contributed by atoms with van der Waals surface area (Å²) in [6, 6.07) is 9.69. The molecule has 0 saturated carbocycles. The monoisotopic (exact) mass is 369 g/mol. The first-order valence-corrected chi connectivity index (χ1v) is 9.81. The van der Waals surface area contributed by atoms with E-state index in [2.05, 4.69) is 29.5 Å². The molecule has 5 heteroatoms. The molecule has 0 spiro atoms. The minimum atomic E-state index is -0.117. The van der Waals surface area contributed by atoms with Crippen LogP contribution in [0.15, 0.2) is 42.5 Å². The van der Waals surface area contributed by atoms with Crippen LogP contribution in [-0.4, -0.2) is 22.3 Å². The number of benzene rings is 1. The maximum absolute atomic E-state index is 12.4. The van der Waals surface area contributed by atoms with E-state index in [1.165, 1.54) is 12.8 Å². The van der Waals surface area contributed by atoms with Crippen LogP contribution in [-0.2, 0) is 20.0 Å². The number of unbranched alkanes of at least 4 members (excludes halogenated alkanes) is 2. The maximum Gasteiger partial charge on any atom is 0.269 e. The van der Waals surface area contributed by atoms with E-state index in [1.54, 1.807) is 11.7 Å². The normalized spacial score (nSPS) is 11.1. The van der Waals surface area contributed by atoms with Crippen LogP contribution in [0.1, 0.15) is 61.3 Å². The van der Waals surface area contributed by atoms with E-state index in [-0.39, 0.29) is 5.91 Å². The largest absolute Gasteiger partial charge is 0.493 e. The molecule has 27 heavy (non-hydrogen) atoms. The van der Waals surface area contributed by atoms with Crippen molar-refractivity contribution in [2.45, 2.75) is 52.5 Å². The highest BCUT2D eigenvalue weighted by Crippen LogP contribution is 2.14. The Labute approximate surface area is 162 Å². The van der Waals surface area contributed by atoms with Gasteiger partial charge in [0.15, 0.2) is 0 Å². The van der Waals surface area contributed by atoms with E-state index in [0.29, 0.717) is 18.8 Å². The van der Waals surface area contributed by atoms with Gasteiger partial charge < -0.3 is 10.1 Å². The maximum atomic E-state index is 12.4. The zero-order valence-corrected chi connectivity index (χ0v) is 16.7. The van der Waals surface area contributed by atoms with Crippen molar-refractivity contribution in [3.63, 3.8) is 0 Å². The number of hydrogen-bond donors (Lipinski definition) is 1. The van der Waals surface area contributed by atoms with Crippen LogP contribution in [0.3, 0.4) is 0 Å². The van der Waals surface area contributed by atoms with Gasteiger partial charge in [-0.05, 0) is 43.0 Å². The van der Waals surface area contributed by atoms with Gasteiger partial charge in [0.2, 0.25) is 0 Å². The average Bonchev–Trinajstić information content (AvgIpc) is 3.07. The quantitative estimate of drug-likeness (QED) is 0.471. The molecule has 0 aliphatic carbocycles. The summed E-state index contributed by atoms with van der Waals surface area (Å²) in [5, 5.41) is 7.26. The van der Waals surface area contributed by atoms with Crippen LogP contribution in [0, 0.1) is 0 Å². The van der Waals surface area contributed by atoms with Crippen LogP contribution in [0.4, 0.5) is 0 Å². The molecular formula is C22H31N3O2. The number of hydrogen-bond acceptors (Lipinski definition) is 3. The van der Waals surface area contributed by atoms with Crippen LogP contribution >= 0.6 is 0 Å². The molecule has 0 aliphatic rings. The third-order valence-electron chi connectivity index (χ3n) is 4.32. The zero-order chi connectivity index (χ0) is 19.5. The van der Waals surface area contributed by atoms with Crippen LogP contribution in [0.5, 0.6) is 5.75 Å². The number of ether oxygens (including phenoxy) is 1. The topological polar surface area (TPSA) is 56.1 Å². The van der Waals surface area contributed by atoms with E-state index < -0.39 is 0 Å². The molecule has 1 aromatic carbocycles. The van der Waals surface area contributed by atoms with Crippen LogP contribution < -0.4 is 10.1 Å². The number of allylic oxidation sites excluding steroid dienone is 1. The second-order valence-electron chi connectivity index (χ2n) is 6.58. The first kappa shape index (κ1) is 20.7. The Morgan fingerprint density at radius 3 is 2.78 bits per heavy atom. The molecule has 146 valence electrons. The number of carbonyl (C=O) groups excluding carboxylic acids is 1. The number of nitrogens with zero attached hydrogens (tertiary/aromatic N) is 2. The van der Waals surface area contributed by atoms with E-state index in [4.69, 9.17) is 4.74 Å². The molecule has 1 aromatic heterocycles.